The number of carbonyl (C=O) groups is 4. The van der Waals surface area contributed by atoms with Gasteiger partial charge in [-0.05, 0) is 107 Å². The lowest BCUT2D eigenvalue weighted by molar-refractivity contribution is -0.133. The van der Waals surface area contributed by atoms with Crippen molar-refractivity contribution in [3.8, 4) is 5.75 Å². The number of ketones is 1. The molecule has 0 aliphatic heterocycles. The Bertz CT molecular complexity index is 1380. The number of hydrogen-bond acceptors (Lipinski definition) is 8. The van der Waals surface area contributed by atoms with Gasteiger partial charge in [0, 0.05) is 29.3 Å². The van der Waals surface area contributed by atoms with Gasteiger partial charge in [0.05, 0.1) is 0 Å². The maximum absolute atomic E-state index is 13.3. The molecule has 0 radical (unpaired) electrons. The van der Waals surface area contributed by atoms with E-state index in [0.717, 1.165) is 30.6 Å². The van der Waals surface area contributed by atoms with Gasteiger partial charge in [0.15, 0.2) is 5.13 Å². The maximum Gasteiger partial charge on any atom is 0.408 e. The first-order chi connectivity index (χ1) is 21.8. The fourth-order valence-corrected chi connectivity index (χ4v) is 8.16. The number of fused-ring (bicyclic) bond motifs is 5. The molecule has 9 nitrogen and oxygen atoms in total. The Morgan fingerprint density at radius 3 is 2.48 bits per heavy atom. The van der Waals surface area contributed by atoms with Gasteiger partial charge in [-0.2, -0.15) is 0 Å². The number of alkyl carbamates (subject to hydrolysis) is 1. The molecule has 0 spiro atoms. The summed E-state index contributed by atoms with van der Waals surface area (Å²) in [6.07, 6.45) is 6.32. The van der Waals surface area contributed by atoms with Crippen LogP contribution in [0.5, 0.6) is 5.75 Å². The number of hydrogen-bond donors (Lipinski definition) is 2. The number of aromatic nitrogens is 1. The summed E-state index contributed by atoms with van der Waals surface area (Å²) in [6.45, 7) is 17.1. The molecule has 2 fully saturated rings. The number of nitrogens with one attached hydrogen (secondary N) is 2. The Labute approximate surface area is 278 Å². The summed E-state index contributed by atoms with van der Waals surface area (Å²) < 4.78 is 10.7. The minimum atomic E-state index is -0.667. The molecule has 5 unspecified atom stereocenters. The van der Waals surface area contributed by atoms with Crippen LogP contribution in [0.15, 0.2) is 24.4 Å². The number of esters is 1. The van der Waals surface area contributed by atoms with Crippen LogP contribution in [0.3, 0.4) is 0 Å². The topological polar surface area (TPSA) is 124 Å². The second kappa shape index (κ2) is 16.0. The van der Waals surface area contributed by atoms with Crippen molar-refractivity contribution in [3.63, 3.8) is 0 Å². The molecule has 5 rings (SSSR count). The van der Waals surface area contributed by atoms with Gasteiger partial charge in [-0.15, -0.1) is 11.3 Å². The molecule has 0 saturated heterocycles. The number of amides is 2. The van der Waals surface area contributed by atoms with E-state index in [0.29, 0.717) is 47.8 Å². The third kappa shape index (κ3) is 8.96. The predicted octanol–water partition coefficient (Wildman–Crippen LogP) is 8.00. The van der Waals surface area contributed by atoms with Crippen molar-refractivity contribution in [2.45, 2.75) is 119 Å². The Morgan fingerprint density at radius 1 is 1.11 bits per heavy atom. The summed E-state index contributed by atoms with van der Waals surface area (Å²) in [5.41, 5.74) is 1.46. The molecule has 2 aromatic rings. The molecule has 254 valence electrons. The number of rotatable bonds is 7. The van der Waals surface area contributed by atoms with E-state index in [1.807, 2.05) is 46.8 Å². The highest BCUT2D eigenvalue weighted by Crippen LogP contribution is 2.62. The van der Waals surface area contributed by atoms with Gasteiger partial charge in [0.25, 0.3) is 0 Å². The van der Waals surface area contributed by atoms with E-state index in [-0.39, 0.29) is 29.7 Å². The average Bonchev–Trinajstić information content (AvgIpc) is 3.54. The molecule has 0 bridgehead atoms. The van der Waals surface area contributed by atoms with E-state index in [9.17, 15) is 19.2 Å². The molecule has 1 aromatic heterocycles. The van der Waals surface area contributed by atoms with Gasteiger partial charge in [-0.1, -0.05) is 40.7 Å². The van der Waals surface area contributed by atoms with Crippen LogP contribution in [0.25, 0.3) is 0 Å². The second-order valence-electron chi connectivity index (χ2n) is 13.2. The zero-order valence-electron chi connectivity index (χ0n) is 29.1. The van der Waals surface area contributed by atoms with Crippen LogP contribution in [0.1, 0.15) is 116 Å². The van der Waals surface area contributed by atoms with E-state index in [4.69, 9.17) is 9.47 Å². The highest BCUT2D eigenvalue weighted by atomic mass is 32.1. The molecule has 1 heterocycles. The van der Waals surface area contributed by atoms with Crippen molar-refractivity contribution < 1.29 is 28.7 Å². The smallest absolute Gasteiger partial charge is 0.408 e. The highest BCUT2D eigenvalue weighted by molar-refractivity contribution is 7.15. The second-order valence-corrected chi connectivity index (χ2v) is 14.5. The number of anilines is 1. The summed E-state index contributed by atoms with van der Waals surface area (Å²) in [5, 5.41) is 5.96. The van der Waals surface area contributed by atoms with Gasteiger partial charge in [0.2, 0.25) is 5.91 Å². The van der Waals surface area contributed by atoms with Gasteiger partial charge >= 0.3 is 12.1 Å². The monoisotopic (exact) mass is 655 g/mol. The van der Waals surface area contributed by atoms with Crippen molar-refractivity contribution in [1.82, 2.24) is 10.3 Å². The van der Waals surface area contributed by atoms with Gasteiger partial charge < -0.3 is 20.1 Å². The summed E-state index contributed by atoms with van der Waals surface area (Å²) in [5.74, 6) is 1.36. The molecular weight excluding hydrogens is 602 g/mol. The van der Waals surface area contributed by atoms with Crippen LogP contribution in [0.2, 0.25) is 0 Å². The first kappa shape index (κ1) is 37.2. The van der Waals surface area contributed by atoms with E-state index in [1.165, 1.54) is 22.5 Å². The predicted molar refractivity (Wildman–Crippen MR) is 182 cm³/mol. The minimum absolute atomic E-state index is 0.0462. The number of thiazole rings is 1. The molecule has 10 heteroatoms. The lowest BCUT2D eigenvalue weighted by atomic mass is 9.54. The number of aryl methyl sites for hydroxylation is 2. The van der Waals surface area contributed by atoms with Crippen LogP contribution in [-0.4, -0.2) is 40.9 Å². The molecule has 3 aliphatic rings. The SMILES string of the molecule is CC.CC.Cc1cnc(NC(=O)CCC2CC(=O)C3(C)CCC4c5ccc(OC(=O)CNC(=O)OC(C)(C)C)cc5CCC4C23)s1. The average molecular weight is 656 g/mol. The molecule has 2 saturated carbocycles. The molecule has 1 aromatic carbocycles. The van der Waals surface area contributed by atoms with Crippen LogP contribution >= 0.6 is 11.3 Å². The third-order valence-electron chi connectivity index (χ3n) is 9.16. The number of ether oxygens (including phenoxy) is 2. The van der Waals surface area contributed by atoms with E-state index < -0.39 is 17.7 Å². The summed E-state index contributed by atoms with van der Waals surface area (Å²) in [6, 6.07) is 5.82. The van der Waals surface area contributed by atoms with Crippen LogP contribution in [0, 0.1) is 30.1 Å². The molecule has 5 atom stereocenters. The van der Waals surface area contributed by atoms with Gasteiger partial charge in [0.1, 0.15) is 23.7 Å². The summed E-state index contributed by atoms with van der Waals surface area (Å²) in [7, 11) is 0. The van der Waals surface area contributed by atoms with Crippen LogP contribution in [-0.2, 0) is 25.5 Å². The fourth-order valence-electron chi connectivity index (χ4n) is 7.48. The van der Waals surface area contributed by atoms with Crippen molar-refractivity contribution in [2.75, 3.05) is 11.9 Å². The summed E-state index contributed by atoms with van der Waals surface area (Å²) >= 11 is 1.46. The number of benzene rings is 1. The van der Waals surface area contributed by atoms with Crippen molar-refractivity contribution in [2.24, 2.45) is 23.2 Å². The van der Waals surface area contributed by atoms with Crippen molar-refractivity contribution in [1.29, 1.82) is 0 Å². The van der Waals surface area contributed by atoms with E-state index >= 15 is 0 Å². The molecule has 46 heavy (non-hydrogen) atoms. The first-order valence-electron chi connectivity index (χ1n) is 16.9. The normalized spacial score (nSPS) is 24.4. The Hall–Kier alpha value is -3.27. The van der Waals surface area contributed by atoms with Crippen molar-refractivity contribution in [3.05, 3.63) is 40.4 Å². The Kier molecular flexibility index (Phi) is 13.0. The van der Waals surface area contributed by atoms with E-state index in [2.05, 4.69) is 28.6 Å². The van der Waals surface area contributed by atoms with Crippen molar-refractivity contribution >= 4 is 40.2 Å². The quantitative estimate of drug-likeness (QED) is 0.229. The zero-order valence-corrected chi connectivity index (χ0v) is 29.9. The molecular formula is C36H53N3O6S. The number of nitrogens with zero attached hydrogens (tertiary/aromatic N) is 1. The molecule has 2 N–H and O–H groups in total. The van der Waals surface area contributed by atoms with Crippen LogP contribution in [0.4, 0.5) is 9.93 Å². The van der Waals surface area contributed by atoms with E-state index in [1.54, 1.807) is 27.0 Å². The zero-order chi connectivity index (χ0) is 34.2. The molecule has 3 aliphatic carbocycles. The summed E-state index contributed by atoms with van der Waals surface area (Å²) in [4.78, 5) is 55.5. The fraction of sp³-hybridized carbons (Fsp3) is 0.639. The minimum Gasteiger partial charge on any atom is -0.444 e. The Morgan fingerprint density at radius 2 is 1.83 bits per heavy atom. The lowest BCUT2D eigenvalue weighted by Gasteiger charge is -2.50. The largest absolute Gasteiger partial charge is 0.444 e. The lowest BCUT2D eigenvalue weighted by Crippen LogP contribution is -2.44. The first-order valence-corrected chi connectivity index (χ1v) is 17.7. The number of carbonyl (C=O) groups excluding carboxylic acids is 4. The van der Waals surface area contributed by atoms with Crippen LogP contribution < -0.4 is 15.4 Å². The third-order valence-corrected chi connectivity index (χ3v) is 9.99. The highest BCUT2D eigenvalue weighted by Gasteiger charge is 2.58. The van der Waals surface area contributed by atoms with Gasteiger partial charge in [-0.25, -0.2) is 14.6 Å². The maximum atomic E-state index is 13.3. The molecule has 2 amide bonds. The standard InChI is InChI=1S/C32H41N3O6S.2C2H6/c1-18-16-33-29(42-18)35-26(37)11-7-20-15-25(36)32(5)13-12-23-22-10-8-21(14-19(22)6-9-24(23)28(20)32)40-27(38)17-34-30(39)41-31(2,3)4;2*1-2/h8,10,14,16,20,23-24,28H,6-7,9,11-13,15,17H2,1-5H3,(H,34,39)(H,33,35,37);2*1-2H3. The number of Topliss-reactive ketones (excluding diaryl/α,β-unsaturated/α-hetero) is 1. The van der Waals surface area contributed by atoms with Gasteiger partial charge in [-0.3, -0.25) is 9.59 Å². The Balaban J connectivity index is 0.00000139.